The standard InChI is InChI=1S/C16H22N4O2.C2HF3O2/c1-19-16-13(11-21-2)9-20(10-15(16)17-18-19)8-12-4-6-14(22-3)7-5-12;3-2(4,5)1(6)7/h4-7,13H,8-11H2,1-3H3;(H,6,7). The summed E-state index contributed by atoms with van der Waals surface area (Å²) in [4.78, 5) is 11.3. The van der Waals surface area contributed by atoms with Crippen LogP contribution in [0, 0.1) is 0 Å². The lowest BCUT2D eigenvalue weighted by Crippen LogP contribution is -2.35. The molecule has 11 heteroatoms. The molecule has 0 aliphatic carbocycles. The van der Waals surface area contributed by atoms with Crippen LogP contribution in [0.5, 0.6) is 5.75 Å². The first-order chi connectivity index (χ1) is 13.7. The number of methoxy groups -OCH3 is 2. The van der Waals surface area contributed by atoms with Crippen LogP contribution < -0.4 is 4.74 Å². The first-order valence-corrected chi connectivity index (χ1v) is 8.68. The fourth-order valence-corrected chi connectivity index (χ4v) is 3.14. The van der Waals surface area contributed by atoms with E-state index in [0.717, 1.165) is 31.1 Å². The maximum absolute atomic E-state index is 10.6. The number of halogens is 3. The Morgan fingerprint density at radius 2 is 1.90 bits per heavy atom. The monoisotopic (exact) mass is 416 g/mol. The zero-order valence-corrected chi connectivity index (χ0v) is 16.3. The number of hydrogen-bond acceptors (Lipinski definition) is 6. The molecule has 1 aromatic heterocycles. The largest absolute Gasteiger partial charge is 0.497 e. The Kier molecular flexibility index (Phi) is 7.57. The minimum Gasteiger partial charge on any atom is -0.497 e. The van der Waals surface area contributed by atoms with E-state index in [1.165, 1.54) is 11.3 Å². The summed E-state index contributed by atoms with van der Waals surface area (Å²) in [7, 11) is 5.38. The van der Waals surface area contributed by atoms with Gasteiger partial charge in [0.25, 0.3) is 0 Å². The molecule has 1 aliphatic heterocycles. The van der Waals surface area contributed by atoms with E-state index in [4.69, 9.17) is 19.4 Å². The number of fused-ring (bicyclic) bond motifs is 1. The van der Waals surface area contributed by atoms with Gasteiger partial charge in [-0.25, -0.2) is 4.79 Å². The number of rotatable bonds is 5. The van der Waals surface area contributed by atoms with Crippen molar-refractivity contribution in [1.29, 1.82) is 0 Å². The van der Waals surface area contributed by atoms with Crippen molar-refractivity contribution < 1.29 is 32.5 Å². The molecule has 1 unspecified atom stereocenters. The van der Waals surface area contributed by atoms with Gasteiger partial charge in [-0.2, -0.15) is 13.2 Å². The number of ether oxygens (including phenoxy) is 2. The number of aliphatic carboxylic acids is 1. The molecular formula is C18H23F3N4O4. The van der Waals surface area contributed by atoms with Crippen molar-refractivity contribution >= 4 is 5.97 Å². The Morgan fingerprint density at radius 1 is 1.28 bits per heavy atom. The number of carbonyl (C=O) groups is 1. The molecular weight excluding hydrogens is 393 g/mol. The molecule has 1 aromatic carbocycles. The van der Waals surface area contributed by atoms with Crippen molar-refractivity contribution in [3.63, 3.8) is 0 Å². The zero-order chi connectivity index (χ0) is 21.6. The van der Waals surface area contributed by atoms with Crippen molar-refractivity contribution in [2.24, 2.45) is 7.05 Å². The van der Waals surface area contributed by atoms with Crippen LogP contribution in [0.15, 0.2) is 24.3 Å². The second kappa shape index (κ2) is 9.70. The molecule has 3 rings (SSSR count). The Balaban J connectivity index is 0.000000370. The maximum Gasteiger partial charge on any atom is 0.490 e. The summed E-state index contributed by atoms with van der Waals surface area (Å²) in [6.07, 6.45) is -5.08. The van der Waals surface area contributed by atoms with Gasteiger partial charge in [0, 0.05) is 39.7 Å². The van der Waals surface area contributed by atoms with Crippen molar-refractivity contribution in [3.8, 4) is 5.75 Å². The molecule has 0 spiro atoms. The molecule has 29 heavy (non-hydrogen) atoms. The molecule has 8 nitrogen and oxygen atoms in total. The van der Waals surface area contributed by atoms with Crippen LogP contribution in [-0.2, 0) is 29.7 Å². The van der Waals surface area contributed by atoms with E-state index in [1.807, 2.05) is 23.9 Å². The summed E-state index contributed by atoms with van der Waals surface area (Å²) in [6, 6.07) is 8.21. The van der Waals surface area contributed by atoms with Gasteiger partial charge in [-0.3, -0.25) is 9.58 Å². The molecule has 0 saturated carbocycles. The molecule has 0 amide bonds. The number of alkyl halides is 3. The summed E-state index contributed by atoms with van der Waals surface area (Å²) in [5.74, 6) is -1.56. The third-order valence-corrected chi connectivity index (χ3v) is 4.36. The first kappa shape index (κ1) is 22.6. The van der Waals surface area contributed by atoms with E-state index in [9.17, 15) is 13.2 Å². The van der Waals surface area contributed by atoms with Crippen LogP contribution in [0.25, 0.3) is 0 Å². The molecule has 2 aromatic rings. The number of aromatic nitrogens is 3. The minimum absolute atomic E-state index is 0.312. The van der Waals surface area contributed by atoms with Gasteiger partial charge in [-0.15, -0.1) is 5.10 Å². The summed E-state index contributed by atoms with van der Waals surface area (Å²) in [5, 5.41) is 15.6. The van der Waals surface area contributed by atoms with Crippen LogP contribution >= 0.6 is 0 Å². The van der Waals surface area contributed by atoms with Crippen molar-refractivity contribution in [3.05, 3.63) is 41.2 Å². The molecule has 1 N–H and O–H groups in total. The normalized spacial score (nSPS) is 16.6. The van der Waals surface area contributed by atoms with Crippen LogP contribution in [0.4, 0.5) is 13.2 Å². The second-order valence-corrected chi connectivity index (χ2v) is 6.52. The third-order valence-electron chi connectivity index (χ3n) is 4.36. The van der Waals surface area contributed by atoms with Crippen LogP contribution in [0.3, 0.4) is 0 Å². The van der Waals surface area contributed by atoms with E-state index in [1.54, 1.807) is 14.2 Å². The fraction of sp³-hybridized carbons (Fsp3) is 0.500. The molecule has 0 radical (unpaired) electrons. The Morgan fingerprint density at radius 3 is 2.41 bits per heavy atom. The number of hydrogen-bond donors (Lipinski definition) is 1. The van der Waals surface area contributed by atoms with Crippen LogP contribution in [0.1, 0.15) is 22.9 Å². The predicted octanol–water partition coefficient (Wildman–Crippen LogP) is 2.20. The van der Waals surface area contributed by atoms with Gasteiger partial charge in [0.2, 0.25) is 0 Å². The van der Waals surface area contributed by atoms with E-state index < -0.39 is 12.1 Å². The highest BCUT2D eigenvalue weighted by Crippen LogP contribution is 2.28. The molecule has 1 aliphatic rings. The summed E-state index contributed by atoms with van der Waals surface area (Å²) in [6.45, 7) is 3.36. The molecule has 0 saturated heterocycles. The first-order valence-electron chi connectivity index (χ1n) is 8.68. The van der Waals surface area contributed by atoms with Gasteiger partial charge >= 0.3 is 12.1 Å². The molecule has 160 valence electrons. The van der Waals surface area contributed by atoms with Crippen LogP contribution in [0.2, 0.25) is 0 Å². The van der Waals surface area contributed by atoms with E-state index in [0.29, 0.717) is 12.5 Å². The topological polar surface area (TPSA) is 89.7 Å². The molecule has 2 heterocycles. The van der Waals surface area contributed by atoms with Gasteiger partial charge in [-0.05, 0) is 17.7 Å². The minimum atomic E-state index is -5.08. The van der Waals surface area contributed by atoms with Crippen LogP contribution in [-0.4, -0.2) is 64.5 Å². The molecule has 0 bridgehead atoms. The van der Waals surface area contributed by atoms with E-state index in [2.05, 4.69) is 27.3 Å². The van der Waals surface area contributed by atoms with E-state index in [-0.39, 0.29) is 0 Å². The summed E-state index contributed by atoms with van der Waals surface area (Å²) < 4.78 is 44.2. The Labute approximate surface area is 165 Å². The number of aryl methyl sites for hydroxylation is 1. The maximum atomic E-state index is 10.6. The zero-order valence-electron chi connectivity index (χ0n) is 16.3. The van der Waals surface area contributed by atoms with Crippen molar-refractivity contribution in [1.82, 2.24) is 19.9 Å². The number of carboxylic acids is 1. The van der Waals surface area contributed by atoms with E-state index >= 15 is 0 Å². The van der Waals surface area contributed by atoms with Gasteiger partial charge in [-0.1, -0.05) is 17.3 Å². The average Bonchev–Trinajstić information content (AvgIpc) is 3.03. The number of carboxylic acid groups (broad SMARTS) is 1. The van der Waals surface area contributed by atoms with Gasteiger partial charge in [0.1, 0.15) is 11.4 Å². The highest BCUT2D eigenvalue weighted by molar-refractivity contribution is 5.73. The highest BCUT2D eigenvalue weighted by atomic mass is 19.4. The van der Waals surface area contributed by atoms with Crippen molar-refractivity contribution in [2.45, 2.75) is 25.2 Å². The van der Waals surface area contributed by atoms with Gasteiger partial charge < -0.3 is 14.6 Å². The quantitative estimate of drug-likeness (QED) is 0.799. The van der Waals surface area contributed by atoms with Crippen molar-refractivity contribution in [2.75, 3.05) is 27.4 Å². The second-order valence-electron chi connectivity index (χ2n) is 6.52. The lowest BCUT2D eigenvalue weighted by molar-refractivity contribution is -0.192. The smallest absolute Gasteiger partial charge is 0.490 e. The Bertz CT molecular complexity index is 808. The third kappa shape index (κ3) is 6.16. The number of benzene rings is 1. The van der Waals surface area contributed by atoms with Gasteiger partial charge in [0.05, 0.1) is 19.4 Å². The Hall–Kier alpha value is -2.66. The summed E-state index contributed by atoms with van der Waals surface area (Å²) in [5.41, 5.74) is 3.53. The lowest BCUT2D eigenvalue weighted by atomic mass is 9.98. The number of nitrogens with zero attached hydrogens (tertiary/aromatic N) is 4. The predicted molar refractivity (Wildman–Crippen MR) is 96.4 cm³/mol. The SMILES string of the molecule is COCC1CN(Cc2ccc(OC)cc2)Cc2nnn(C)c21.O=C(O)C(F)(F)F. The lowest BCUT2D eigenvalue weighted by Gasteiger charge is -2.31. The molecule has 1 atom stereocenters. The fourth-order valence-electron chi connectivity index (χ4n) is 3.14. The highest BCUT2D eigenvalue weighted by Gasteiger charge is 2.38. The summed E-state index contributed by atoms with van der Waals surface area (Å²) >= 11 is 0. The molecule has 0 fully saturated rings. The average molecular weight is 416 g/mol. The van der Waals surface area contributed by atoms with Gasteiger partial charge in [0.15, 0.2) is 0 Å².